The minimum absolute atomic E-state index is 0.126. The van der Waals surface area contributed by atoms with Gasteiger partial charge >= 0.3 is 0 Å². The number of anilines is 1. The van der Waals surface area contributed by atoms with Crippen LogP contribution in [0.5, 0.6) is 0 Å². The Morgan fingerprint density at radius 3 is 2.48 bits per heavy atom. The highest BCUT2D eigenvalue weighted by molar-refractivity contribution is 5.54. The highest BCUT2D eigenvalue weighted by atomic mass is 16.5. The molecule has 1 aromatic rings. The topological polar surface area (TPSA) is 24.5 Å². The SMILES string of the molecule is CCC(C)N(CCOC)c1ccccc1CNC(C)(C)C. The molecule has 0 heterocycles. The van der Waals surface area contributed by atoms with Crippen molar-refractivity contribution in [2.24, 2.45) is 0 Å². The van der Waals surface area contributed by atoms with E-state index in [2.05, 4.69) is 69.1 Å². The van der Waals surface area contributed by atoms with E-state index >= 15 is 0 Å². The Labute approximate surface area is 130 Å². The molecule has 0 saturated carbocycles. The molecular weight excluding hydrogens is 260 g/mol. The summed E-state index contributed by atoms with van der Waals surface area (Å²) in [7, 11) is 1.77. The van der Waals surface area contributed by atoms with Crippen LogP contribution in [0.1, 0.15) is 46.6 Å². The quantitative estimate of drug-likeness (QED) is 0.788. The summed E-state index contributed by atoms with van der Waals surface area (Å²) < 4.78 is 5.29. The lowest BCUT2D eigenvalue weighted by molar-refractivity contribution is 0.203. The Hall–Kier alpha value is -1.06. The fourth-order valence-corrected chi connectivity index (χ4v) is 2.29. The van der Waals surface area contributed by atoms with Gasteiger partial charge in [-0.1, -0.05) is 25.1 Å². The molecular formula is C18H32N2O. The maximum absolute atomic E-state index is 5.29. The van der Waals surface area contributed by atoms with E-state index < -0.39 is 0 Å². The molecule has 0 radical (unpaired) electrons. The fraction of sp³-hybridized carbons (Fsp3) is 0.667. The number of rotatable bonds is 8. The summed E-state index contributed by atoms with van der Waals surface area (Å²) in [5.74, 6) is 0. The monoisotopic (exact) mass is 292 g/mol. The van der Waals surface area contributed by atoms with Gasteiger partial charge in [0, 0.05) is 37.5 Å². The lowest BCUT2D eigenvalue weighted by Gasteiger charge is -2.33. The first-order chi connectivity index (χ1) is 9.89. The highest BCUT2D eigenvalue weighted by Crippen LogP contribution is 2.24. The molecule has 120 valence electrons. The summed E-state index contributed by atoms with van der Waals surface area (Å²) >= 11 is 0. The predicted molar refractivity (Wildman–Crippen MR) is 92.0 cm³/mol. The summed E-state index contributed by atoms with van der Waals surface area (Å²) in [6, 6.07) is 9.19. The molecule has 1 rings (SSSR count). The van der Waals surface area contributed by atoms with Crippen molar-refractivity contribution in [1.29, 1.82) is 0 Å². The van der Waals surface area contributed by atoms with Crippen molar-refractivity contribution in [1.82, 2.24) is 5.32 Å². The number of para-hydroxylation sites is 1. The van der Waals surface area contributed by atoms with Gasteiger partial charge in [0.05, 0.1) is 6.61 Å². The molecule has 1 atom stereocenters. The normalized spacial score (nSPS) is 13.2. The van der Waals surface area contributed by atoms with Crippen LogP contribution in [0, 0.1) is 0 Å². The molecule has 0 fully saturated rings. The van der Waals surface area contributed by atoms with E-state index in [4.69, 9.17) is 4.74 Å². The van der Waals surface area contributed by atoms with Gasteiger partial charge in [0.1, 0.15) is 0 Å². The zero-order chi connectivity index (χ0) is 15.9. The van der Waals surface area contributed by atoms with Crippen LogP contribution >= 0.6 is 0 Å². The fourth-order valence-electron chi connectivity index (χ4n) is 2.29. The third-order valence-electron chi connectivity index (χ3n) is 3.77. The molecule has 1 unspecified atom stereocenters. The summed E-state index contributed by atoms with van der Waals surface area (Å²) in [6.45, 7) is 13.7. The zero-order valence-electron chi connectivity index (χ0n) is 14.6. The van der Waals surface area contributed by atoms with Crippen LogP contribution in [0.2, 0.25) is 0 Å². The molecule has 0 aliphatic carbocycles. The molecule has 0 aliphatic heterocycles. The van der Waals surface area contributed by atoms with Crippen LogP contribution in [-0.2, 0) is 11.3 Å². The second kappa shape index (κ2) is 8.40. The molecule has 1 N–H and O–H groups in total. The Balaban J connectivity index is 2.96. The maximum atomic E-state index is 5.29. The van der Waals surface area contributed by atoms with Crippen LogP contribution in [0.3, 0.4) is 0 Å². The third-order valence-corrected chi connectivity index (χ3v) is 3.77. The third kappa shape index (κ3) is 6.06. The van der Waals surface area contributed by atoms with E-state index in [1.54, 1.807) is 7.11 Å². The summed E-state index contributed by atoms with van der Waals surface area (Å²) in [6.07, 6.45) is 1.13. The number of benzene rings is 1. The van der Waals surface area contributed by atoms with Crippen molar-refractivity contribution in [3.8, 4) is 0 Å². The Kier molecular flexibility index (Phi) is 7.20. The molecule has 0 saturated heterocycles. The molecule has 1 aromatic carbocycles. The van der Waals surface area contributed by atoms with E-state index in [0.29, 0.717) is 6.04 Å². The molecule has 3 nitrogen and oxygen atoms in total. The number of nitrogens with one attached hydrogen (secondary N) is 1. The van der Waals surface area contributed by atoms with Crippen molar-refractivity contribution in [3.05, 3.63) is 29.8 Å². The molecule has 0 amide bonds. The maximum Gasteiger partial charge on any atom is 0.0637 e. The molecule has 21 heavy (non-hydrogen) atoms. The number of methoxy groups -OCH3 is 1. The van der Waals surface area contributed by atoms with E-state index in [0.717, 1.165) is 26.1 Å². The first-order valence-electron chi connectivity index (χ1n) is 7.97. The minimum atomic E-state index is 0.126. The van der Waals surface area contributed by atoms with Gasteiger partial charge in [-0.15, -0.1) is 0 Å². The second-order valence-corrected chi connectivity index (χ2v) is 6.68. The van der Waals surface area contributed by atoms with Crippen molar-refractivity contribution in [3.63, 3.8) is 0 Å². The molecule has 0 aromatic heterocycles. The standard InChI is InChI=1S/C18H32N2O/c1-7-15(2)20(12-13-21-6)17-11-9-8-10-16(17)14-19-18(3,4)5/h8-11,15,19H,7,12-14H2,1-6H3. The first-order valence-corrected chi connectivity index (χ1v) is 7.97. The van der Waals surface area contributed by atoms with Gasteiger partial charge in [0.2, 0.25) is 0 Å². The highest BCUT2D eigenvalue weighted by Gasteiger charge is 2.17. The van der Waals surface area contributed by atoms with E-state index in [-0.39, 0.29) is 5.54 Å². The van der Waals surface area contributed by atoms with Crippen LogP contribution in [0.4, 0.5) is 5.69 Å². The van der Waals surface area contributed by atoms with Crippen molar-refractivity contribution < 1.29 is 4.74 Å². The van der Waals surface area contributed by atoms with Gasteiger partial charge in [-0.2, -0.15) is 0 Å². The molecule has 0 spiro atoms. The average Bonchev–Trinajstić information content (AvgIpc) is 2.45. The van der Waals surface area contributed by atoms with E-state index in [1.807, 2.05) is 0 Å². The van der Waals surface area contributed by atoms with Crippen LogP contribution in [0.25, 0.3) is 0 Å². The van der Waals surface area contributed by atoms with Crippen LogP contribution < -0.4 is 10.2 Å². The van der Waals surface area contributed by atoms with Gasteiger partial charge in [0.25, 0.3) is 0 Å². The molecule has 0 bridgehead atoms. The van der Waals surface area contributed by atoms with E-state index in [1.165, 1.54) is 11.3 Å². The number of hydrogen-bond acceptors (Lipinski definition) is 3. The van der Waals surface area contributed by atoms with Gasteiger partial charge in [-0.25, -0.2) is 0 Å². The van der Waals surface area contributed by atoms with Crippen LogP contribution in [0.15, 0.2) is 24.3 Å². The Morgan fingerprint density at radius 1 is 1.24 bits per heavy atom. The number of ether oxygens (including phenoxy) is 1. The predicted octanol–water partition coefficient (Wildman–Crippen LogP) is 3.83. The van der Waals surface area contributed by atoms with Crippen molar-refractivity contribution in [2.75, 3.05) is 25.2 Å². The average molecular weight is 292 g/mol. The van der Waals surface area contributed by atoms with Crippen LogP contribution in [-0.4, -0.2) is 31.8 Å². The van der Waals surface area contributed by atoms with Gasteiger partial charge in [0.15, 0.2) is 0 Å². The Morgan fingerprint density at radius 2 is 1.90 bits per heavy atom. The van der Waals surface area contributed by atoms with Crippen molar-refractivity contribution >= 4 is 5.69 Å². The molecule has 3 heteroatoms. The van der Waals surface area contributed by atoms with E-state index in [9.17, 15) is 0 Å². The van der Waals surface area contributed by atoms with Crippen molar-refractivity contribution in [2.45, 2.75) is 59.2 Å². The van der Waals surface area contributed by atoms with Gasteiger partial charge < -0.3 is 15.0 Å². The lowest BCUT2D eigenvalue weighted by Crippen LogP contribution is -2.38. The zero-order valence-corrected chi connectivity index (χ0v) is 14.6. The van der Waals surface area contributed by atoms with Gasteiger partial charge in [-0.05, 0) is 45.7 Å². The summed E-state index contributed by atoms with van der Waals surface area (Å²) in [5.41, 5.74) is 2.80. The summed E-state index contributed by atoms with van der Waals surface area (Å²) in [5, 5.41) is 3.59. The largest absolute Gasteiger partial charge is 0.383 e. The summed E-state index contributed by atoms with van der Waals surface area (Å²) in [4.78, 5) is 2.46. The Bertz CT molecular complexity index is 412. The smallest absolute Gasteiger partial charge is 0.0637 e. The minimum Gasteiger partial charge on any atom is -0.383 e. The number of nitrogens with zero attached hydrogens (tertiary/aromatic N) is 1. The lowest BCUT2D eigenvalue weighted by atomic mass is 10.1. The number of hydrogen-bond donors (Lipinski definition) is 1. The second-order valence-electron chi connectivity index (χ2n) is 6.68. The van der Waals surface area contributed by atoms with Gasteiger partial charge in [-0.3, -0.25) is 0 Å². The first kappa shape index (κ1) is 18.0. The molecule has 0 aliphatic rings.